The van der Waals surface area contributed by atoms with Crippen molar-refractivity contribution in [1.82, 2.24) is 14.7 Å². The Balaban J connectivity index is 1.55. The Bertz CT molecular complexity index is 907. The Morgan fingerprint density at radius 2 is 1.96 bits per heavy atom. The molecule has 2 aromatic carbocycles. The van der Waals surface area contributed by atoms with Gasteiger partial charge < -0.3 is 4.90 Å². The summed E-state index contributed by atoms with van der Waals surface area (Å²) in [7, 11) is 0. The lowest BCUT2D eigenvalue weighted by molar-refractivity contribution is 0.0765. The number of aromatic nitrogens is 2. The number of fused-ring (bicyclic) bond motifs is 1. The highest BCUT2D eigenvalue weighted by molar-refractivity contribution is 14.1. The molecule has 0 atom stereocenters. The Hall–Kier alpha value is -2.22. The molecule has 0 bridgehead atoms. The first-order valence-electron chi connectivity index (χ1n) is 7.48. The summed E-state index contributed by atoms with van der Waals surface area (Å²) in [6.45, 7) is 1.02. The molecule has 0 N–H and O–H groups in total. The monoisotopic (exact) mass is 433 g/mol. The Morgan fingerprint density at radius 1 is 1.17 bits per heavy atom. The maximum atomic E-state index is 13.7. The maximum absolute atomic E-state index is 13.7. The number of nitrogens with zero attached hydrogens (tertiary/aromatic N) is 3. The van der Waals surface area contributed by atoms with Crippen molar-refractivity contribution < 1.29 is 9.18 Å². The van der Waals surface area contributed by atoms with Crippen molar-refractivity contribution in [2.75, 3.05) is 0 Å². The number of benzene rings is 2. The zero-order valence-electron chi connectivity index (χ0n) is 12.6. The van der Waals surface area contributed by atoms with E-state index in [1.54, 1.807) is 21.8 Å². The molecule has 1 aliphatic rings. The molecule has 6 heteroatoms. The van der Waals surface area contributed by atoms with E-state index in [4.69, 9.17) is 0 Å². The van der Waals surface area contributed by atoms with E-state index in [1.807, 2.05) is 59.1 Å². The van der Waals surface area contributed by atoms with Crippen molar-refractivity contribution in [3.8, 4) is 5.69 Å². The standard InChI is InChI=1S/C18H13FIN3O/c19-15-7-4-13-11-22(18(24)16(13)17(15)20)10-12-2-5-14(6-3-12)23-9-1-8-21-23/h1-9H,10-11H2. The van der Waals surface area contributed by atoms with Gasteiger partial charge >= 0.3 is 0 Å². The summed E-state index contributed by atoms with van der Waals surface area (Å²) in [6.07, 6.45) is 3.61. The molecule has 24 heavy (non-hydrogen) atoms. The number of halogens is 2. The molecular weight excluding hydrogens is 420 g/mol. The SMILES string of the molecule is O=C1c2c(ccc(F)c2I)CN1Cc1ccc(-n2cccn2)cc1. The highest BCUT2D eigenvalue weighted by atomic mass is 127. The van der Waals surface area contributed by atoms with E-state index < -0.39 is 0 Å². The molecule has 3 aromatic rings. The third kappa shape index (κ3) is 2.60. The highest BCUT2D eigenvalue weighted by Crippen LogP contribution is 2.30. The van der Waals surface area contributed by atoms with E-state index in [0.29, 0.717) is 22.2 Å². The highest BCUT2D eigenvalue weighted by Gasteiger charge is 2.30. The summed E-state index contributed by atoms with van der Waals surface area (Å²) in [6, 6.07) is 12.9. The molecule has 120 valence electrons. The van der Waals surface area contributed by atoms with Crippen molar-refractivity contribution in [2.24, 2.45) is 0 Å². The van der Waals surface area contributed by atoms with Crippen LogP contribution < -0.4 is 0 Å². The van der Waals surface area contributed by atoms with Crippen LogP contribution in [0.3, 0.4) is 0 Å². The summed E-state index contributed by atoms with van der Waals surface area (Å²) in [4.78, 5) is 14.3. The number of amides is 1. The van der Waals surface area contributed by atoms with Crippen LogP contribution in [0.4, 0.5) is 4.39 Å². The fourth-order valence-electron chi connectivity index (χ4n) is 2.91. The van der Waals surface area contributed by atoms with Gasteiger partial charge in [0.15, 0.2) is 0 Å². The third-order valence-corrected chi connectivity index (χ3v) is 5.18. The normalized spacial score (nSPS) is 13.4. The van der Waals surface area contributed by atoms with Crippen LogP contribution in [0.2, 0.25) is 0 Å². The molecule has 1 aromatic heterocycles. The second-order valence-electron chi connectivity index (χ2n) is 5.67. The molecule has 0 saturated carbocycles. The third-order valence-electron chi connectivity index (χ3n) is 4.12. The molecule has 2 heterocycles. The number of hydrogen-bond acceptors (Lipinski definition) is 2. The largest absolute Gasteiger partial charge is 0.330 e. The van der Waals surface area contributed by atoms with Crippen molar-refractivity contribution in [3.63, 3.8) is 0 Å². The lowest BCUT2D eigenvalue weighted by Crippen LogP contribution is -2.23. The van der Waals surface area contributed by atoms with E-state index in [-0.39, 0.29) is 11.7 Å². The first kappa shape index (κ1) is 15.3. The predicted octanol–water partition coefficient (Wildman–Crippen LogP) is 3.77. The van der Waals surface area contributed by atoms with Crippen molar-refractivity contribution in [2.45, 2.75) is 13.1 Å². The van der Waals surface area contributed by atoms with Crippen LogP contribution in [0.1, 0.15) is 21.5 Å². The number of carbonyl (C=O) groups is 1. The molecule has 4 nitrogen and oxygen atoms in total. The maximum Gasteiger partial charge on any atom is 0.255 e. The van der Waals surface area contributed by atoms with Gasteiger partial charge in [-0.25, -0.2) is 9.07 Å². The summed E-state index contributed by atoms with van der Waals surface area (Å²) < 4.78 is 15.9. The van der Waals surface area contributed by atoms with Gasteiger partial charge in [-0.05, 0) is 58.0 Å². The van der Waals surface area contributed by atoms with Crippen LogP contribution in [0.25, 0.3) is 5.69 Å². The number of rotatable bonds is 3. The van der Waals surface area contributed by atoms with Crippen molar-refractivity contribution in [1.29, 1.82) is 0 Å². The fraction of sp³-hybridized carbons (Fsp3) is 0.111. The zero-order chi connectivity index (χ0) is 16.7. The summed E-state index contributed by atoms with van der Waals surface area (Å²) in [5.41, 5.74) is 3.39. The molecule has 1 amide bonds. The zero-order valence-corrected chi connectivity index (χ0v) is 14.8. The van der Waals surface area contributed by atoms with E-state index in [9.17, 15) is 9.18 Å². The minimum absolute atomic E-state index is 0.106. The molecule has 0 unspecified atom stereocenters. The Morgan fingerprint density at radius 3 is 2.67 bits per heavy atom. The number of hydrogen-bond donors (Lipinski definition) is 0. The predicted molar refractivity (Wildman–Crippen MR) is 96.3 cm³/mol. The van der Waals surface area contributed by atoms with Crippen LogP contribution in [0.15, 0.2) is 54.9 Å². The average molecular weight is 433 g/mol. The van der Waals surface area contributed by atoms with Gasteiger partial charge in [0.2, 0.25) is 0 Å². The van der Waals surface area contributed by atoms with Crippen LogP contribution in [0.5, 0.6) is 0 Å². The van der Waals surface area contributed by atoms with E-state index in [1.165, 1.54) is 6.07 Å². The van der Waals surface area contributed by atoms with Gasteiger partial charge in [0.1, 0.15) is 5.82 Å². The van der Waals surface area contributed by atoms with Gasteiger partial charge in [-0.2, -0.15) is 5.10 Å². The molecular formula is C18H13FIN3O. The first-order chi connectivity index (χ1) is 11.6. The van der Waals surface area contributed by atoms with Gasteiger partial charge in [0, 0.05) is 25.5 Å². The minimum atomic E-state index is -0.340. The van der Waals surface area contributed by atoms with Gasteiger partial charge in [0.25, 0.3) is 5.91 Å². The van der Waals surface area contributed by atoms with Crippen molar-refractivity contribution in [3.05, 3.63) is 80.9 Å². The van der Waals surface area contributed by atoms with E-state index in [2.05, 4.69) is 5.10 Å². The molecule has 0 saturated heterocycles. The minimum Gasteiger partial charge on any atom is -0.330 e. The van der Waals surface area contributed by atoms with Crippen LogP contribution >= 0.6 is 22.6 Å². The fourth-order valence-corrected chi connectivity index (χ4v) is 3.67. The second kappa shape index (κ2) is 6.01. The average Bonchev–Trinajstić information content (AvgIpc) is 3.22. The summed E-state index contributed by atoms with van der Waals surface area (Å²) in [5.74, 6) is -0.446. The molecule has 0 spiro atoms. The van der Waals surface area contributed by atoms with Gasteiger partial charge in [-0.1, -0.05) is 18.2 Å². The van der Waals surface area contributed by atoms with Crippen LogP contribution in [-0.2, 0) is 13.1 Å². The second-order valence-corrected chi connectivity index (χ2v) is 6.75. The van der Waals surface area contributed by atoms with Gasteiger partial charge in [0.05, 0.1) is 14.8 Å². The van der Waals surface area contributed by atoms with Crippen molar-refractivity contribution >= 4 is 28.5 Å². The lowest BCUT2D eigenvalue weighted by atomic mass is 10.1. The quantitative estimate of drug-likeness (QED) is 0.590. The van der Waals surface area contributed by atoms with E-state index >= 15 is 0 Å². The topological polar surface area (TPSA) is 38.1 Å². The lowest BCUT2D eigenvalue weighted by Gasteiger charge is -2.16. The summed E-state index contributed by atoms with van der Waals surface area (Å²) >= 11 is 1.90. The smallest absolute Gasteiger partial charge is 0.255 e. The Labute approximate surface area is 152 Å². The molecule has 0 fully saturated rings. The summed E-state index contributed by atoms with van der Waals surface area (Å²) in [5, 5.41) is 4.19. The molecule has 4 rings (SSSR count). The number of carbonyl (C=O) groups excluding carboxylic acids is 1. The first-order valence-corrected chi connectivity index (χ1v) is 8.56. The van der Waals surface area contributed by atoms with Gasteiger partial charge in [-0.15, -0.1) is 0 Å². The van der Waals surface area contributed by atoms with E-state index in [0.717, 1.165) is 16.8 Å². The Kier molecular flexibility index (Phi) is 3.84. The van der Waals surface area contributed by atoms with Gasteiger partial charge in [-0.3, -0.25) is 4.79 Å². The van der Waals surface area contributed by atoms with Crippen LogP contribution in [-0.4, -0.2) is 20.6 Å². The van der Waals surface area contributed by atoms with Crippen LogP contribution in [0, 0.1) is 9.39 Å². The molecule has 1 aliphatic heterocycles. The molecule has 0 aliphatic carbocycles. The molecule has 0 radical (unpaired) electrons.